The van der Waals surface area contributed by atoms with Crippen molar-refractivity contribution in [1.82, 2.24) is 15.2 Å². The first kappa shape index (κ1) is 16.4. The Morgan fingerprint density at radius 3 is 2.46 bits per heavy atom. The Hall–Kier alpha value is -2.47. The van der Waals surface area contributed by atoms with Crippen molar-refractivity contribution in [3.8, 4) is 0 Å². The number of benzene rings is 1. The van der Waals surface area contributed by atoms with Crippen LogP contribution in [0.25, 0.3) is 0 Å². The quantitative estimate of drug-likeness (QED) is 0.886. The molecule has 1 aliphatic heterocycles. The number of rotatable bonds is 4. The topological polar surface area (TPSA) is 68.4 Å². The Bertz CT molecular complexity index is 708. The Kier molecular flexibility index (Phi) is 5.05. The number of H-pyrrole nitrogens is 1. The number of piperazine rings is 1. The molecule has 24 heavy (non-hydrogen) atoms. The standard InChI is InChI=1S/C17H19ClN4O2/c18-13-10-15(19-11-13)17(24)20-12-16(23)22-8-6-21(7-9-22)14-4-2-1-3-5-14/h1-5,10-11,19H,6-9,12H2,(H,20,24). The number of aromatic amines is 1. The van der Waals surface area contributed by atoms with Gasteiger partial charge in [0, 0.05) is 38.1 Å². The van der Waals surface area contributed by atoms with Crippen molar-refractivity contribution < 1.29 is 9.59 Å². The normalized spacial score (nSPS) is 14.5. The van der Waals surface area contributed by atoms with E-state index in [0.29, 0.717) is 23.8 Å². The molecule has 0 unspecified atom stereocenters. The van der Waals surface area contributed by atoms with Crippen LogP contribution < -0.4 is 10.2 Å². The van der Waals surface area contributed by atoms with Crippen molar-refractivity contribution >= 4 is 29.1 Å². The van der Waals surface area contributed by atoms with Crippen LogP contribution in [0.4, 0.5) is 5.69 Å². The molecule has 3 rings (SSSR count). The number of halogens is 1. The average molecular weight is 347 g/mol. The lowest BCUT2D eigenvalue weighted by Gasteiger charge is -2.36. The molecule has 0 aliphatic carbocycles. The number of nitrogens with one attached hydrogen (secondary N) is 2. The van der Waals surface area contributed by atoms with Crippen LogP contribution in [0.2, 0.25) is 5.02 Å². The average Bonchev–Trinajstić information content (AvgIpc) is 3.07. The van der Waals surface area contributed by atoms with Crippen LogP contribution in [-0.2, 0) is 4.79 Å². The van der Waals surface area contributed by atoms with Crippen molar-refractivity contribution in [3.63, 3.8) is 0 Å². The molecule has 1 saturated heterocycles. The third-order valence-electron chi connectivity index (χ3n) is 4.05. The highest BCUT2D eigenvalue weighted by Crippen LogP contribution is 2.15. The van der Waals surface area contributed by atoms with Crippen molar-refractivity contribution in [1.29, 1.82) is 0 Å². The van der Waals surface area contributed by atoms with Gasteiger partial charge in [0.1, 0.15) is 5.69 Å². The zero-order valence-corrected chi connectivity index (χ0v) is 13.9. The zero-order chi connectivity index (χ0) is 16.9. The molecule has 126 valence electrons. The number of anilines is 1. The van der Waals surface area contributed by atoms with Crippen molar-refractivity contribution in [2.45, 2.75) is 0 Å². The van der Waals surface area contributed by atoms with Gasteiger partial charge in [-0.05, 0) is 18.2 Å². The highest BCUT2D eigenvalue weighted by molar-refractivity contribution is 6.30. The van der Waals surface area contributed by atoms with Gasteiger partial charge in [0.05, 0.1) is 11.6 Å². The smallest absolute Gasteiger partial charge is 0.268 e. The van der Waals surface area contributed by atoms with Crippen molar-refractivity contribution in [2.75, 3.05) is 37.6 Å². The molecular weight excluding hydrogens is 328 g/mol. The highest BCUT2D eigenvalue weighted by Gasteiger charge is 2.21. The van der Waals surface area contributed by atoms with Gasteiger partial charge < -0.3 is 20.1 Å². The number of carbonyl (C=O) groups is 2. The molecule has 6 nitrogen and oxygen atoms in total. The number of amides is 2. The van der Waals surface area contributed by atoms with E-state index in [-0.39, 0.29) is 18.4 Å². The van der Waals surface area contributed by atoms with E-state index < -0.39 is 0 Å². The summed E-state index contributed by atoms with van der Waals surface area (Å²) in [6.45, 7) is 2.86. The van der Waals surface area contributed by atoms with E-state index in [9.17, 15) is 9.59 Å². The molecule has 0 atom stereocenters. The summed E-state index contributed by atoms with van der Waals surface area (Å²) >= 11 is 5.76. The molecule has 0 spiro atoms. The Morgan fingerprint density at radius 2 is 1.83 bits per heavy atom. The van der Waals surface area contributed by atoms with Gasteiger partial charge in [-0.25, -0.2) is 0 Å². The van der Waals surface area contributed by atoms with E-state index in [1.54, 1.807) is 4.90 Å². The maximum absolute atomic E-state index is 12.2. The first-order chi connectivity index (χ1) is 11.6. The second-order valence-corrected chi connectivity index (χ2v) is 6.05. The molecule has 7 heteroatoms. The van der Waals surface area contributed by atoms with Crippen LogP contribution in [0.5, 0.6) is 0 Å². The van der Waals surface area contributed by atoms with Crippen LogP contribution >= 0.6 is 11.6 Å². The lowest BCUT2D eigenvalue weighted by atomic mass is 10.2. The first-order valence-electron chi connectivity index (χ1n) is 7.83. The van der Waals surface area contributed by atoms with Crippen LogP contribution in [0.3, 0.4) is 0 Å². The third kappa shape index (κ3) is 3.89. The largest absolute Gasteiger partial charge is 0.368 e. The van der Waals surface area contributed by atoms with E-state index in [0.717, 1.165) is 13.1 Å². The zero-order valence-electron chi connectivity index (χ0n) is 13.2. The summed E-state index contributed by atoms with van der Waals surface area (Å²) in [7, 11) is 0. The van der Waals surface area contributed by atoms with Gasteiger partial charge >= 0.3 is 0 Å². The van der Waals surface area contributed by atoms with Gasteiger partial charge in [-0.2, -0.15) is 0 Å². The van der Waals surface area contributed by atoms with Gasteiger partial charge in [0.25, 0.3) is 5.91 Å². The molecule has 2 amide bonds. The fraction of sp³-hybridized carbons (Fsp3) is 0.294. The fourth-order valence-electron chi connectivity index (χ4n) is 2.71. The summed E-state index contributed by atoms with van der Waals surface area (Å²) in [5.74, 6) is -0.410. The Labute approximate surface area is 145 Å². The molecule has 0 bridgehead atoms. The number of hydrogen-bond donors (Lipinski definition) is 2. The fourth-order valence-corrected chi connectivity index (χ4v) is 2.88. The van der Waals surface area contributed by atoms with E-state index in [1.807, 2.05) is 18.2 Å². The van der Waals surface area contributed by atoms with Gasteiger partial charge in [-0.1, -0.05) is 29.8 Å². The summed E-state index contributed by atoms with van der Waals surface area (Å²) < 4.78 is 0. The van der Waals surface area contributed by atoms with Crippen molar-refractivity contribution in [2.24, 2.45) is 0 Å². The molecule has 2 N–H and O–H groups in total. The molecular formula is C17H19ClN4O2. The number of para-hydroxylation sites is 1. The van der Waals surface area contributed by atoms with E-state index in [4.69, 9.17) is 11.6 Å². The summed E-state index contributed by atoms with van der Waals surface area (Å²) in [5, 5.41) is 3.08. The van der Waals surface area contributed by atoms with Gasteiger partial charge in [-0.3, -0.25) is 9.59 Å². The molecule has 0 saturated carbocycles. The minimum absolute atomic E-state index is 0.0131. The first-order valence-corrected chi connectivity index (χ1v) is 8.21. The van der Waals surface area contributed by atoms with Crippen LogP contribution in [-0.4, -0.2) is 54.4 Å². The second-order valence-electron chi connectivity index (χ2n) is 5.62. The molecule has 0 radical (unpaired) electrons. The number of nitrogens with zero attached hydrogens (tertiary/aromatic N) is 2. The summed E-state index contributed by atoms with van der Waals surface area (Å²) in [6, 6.07) is 11.7. The summed E-state index contributed by atoms with van der Waals surface area (Å²) in [5.41, 5.74) is 1.52. The number of hydrogen-bond acceptors (Lipinski definition) is 3. The molecule has 1 aliphatic rings. The summed E-state index contributed by atoms with van der Waals surface area (Å²) in [6.07, 6.45) is 1.53. The molecule has 2 heterocycles. The molecule has 1 aromatic heterocycles. The van der Waals surface area contributed by atoms with Gasteiger partial charge in [0.15, 0.2) is 0 Å². The van der Waals surface area contributed by atoms with E-state index in [1.165, 1.54) is 18.0 Å². The molecule has 1 fully saturated rings. The lowest BCUT2D eigenvalue weighted by Crippen LogP contribution is -2.51. The SMILES string of the molecule is O=C(NCC(=O)N1CCN(c2ccccc2)CC1)c1cc(Cl)c[nH]1. The monoisotopic (exact) mass is 346 g/mol. The van der Waals surface area contributed by atoms with Crippen molar-refractivity contribution in [3.05, 3.63) is 53.3 Å². The minimum atomic E-state index is -0.335. The Morgan fingerprint density at radius 1 is 1.12 bits per heavy atom. The van der Waals surface area contributed by atoms with Crippen LogP contribution in [0, 0.1) is 0 Å². The highest BCUT2D eigenvalue weighted by atomic mass is 35.5. The minimum Gasteiger partial charge on any atom is -0.368 e. The second kappa shape index (κ2) is 7.40. The maximum Gasteiger partial charge on any atom is 0.268 e. The van der Waals surface area contributed by atoms with Gasteiger partial charge in [-0.15, -0.1) is 0 Å². The number of aromatic nitrogens is 1. The van der Waals surface area contributed by atoms with E-state index >= 15 is 0 Å². The van der Waals surface area contributed by atoms with Gasteiger partial charge in [0.2, 0.25) is 5.91 Å². The summed E-state index contributed by atoms with van der Waals surface area (Å²) in [4.78, 5) is 30.9. The maximum atomic E-state index is 12.2. The number of carbonyl (C=O) groups excluding carboxylic acids is 2. The third-order valence-corrected chi connectivity index (χ3v) is 4.26. The molecule has 1 aromatic carbocycles. The van der Waals surface area contributed by atoms with E-state index in [2.05, 4.69) is 27.3 Å². The van der Waals surface area contributed by atoms with Crippen LogP contribution in [0.15, 0.2) is 42.6 Å². The predicted molar refractivity (Wildman–Crippen MR) is 93.4 cm³/mol. The molecule has 2 aromatic rings. The predicted octanol–water partition coefficient (Wildman–Crippen LogP) is 1.75. The van der Waals surface area contributed by atoms with Crippen LogP contribution in [0.1, 0.15) is 10.5 Å². The lowest BCUT2D eigenvalue weighted by molar-refractivity contribution is -0.130. The Balaban J connectivity index is 1.46.